The molecular weight excluding hydrogens is 284 g/mol. The highest BCUT2D eigenvalue weighted by Gasteiger charge is 2.16. The van der Waals surface area contributed by atoms with E-state index in [1.807, 2.05) is 12.3 Å². The SMILES string of the molecule is O=C(NCc1nc(Cn2cccn2)no1)NC1CCCCC1. The minimum Gasteiger partial charge on any atom is -0.337 e. The average molecular weight is 304 g/mol. The quantitative estimate of drug-likeness (QED) is 0.871. The van der Waals surface area contributed by atoms with E-state index in [2.05, 4.69) is 25.9 Å². The Kier molecular flexibility index (Phi) is 4.67. The number of hydrogen-bond donors (Lipinski definition) is 2. The van der Waals surface area contributed by atoms with E-state index in [0.29, 0.717) is 18.3 Å². The van der Waals surface area contributed by atoms with E-state index in [0.717, 1.165) is 12.8 Å². The lowest BCUT2D eigenvalue weighted by Crippen LogP contribution is -2.42. The van der Waals surface area contributed by atoms with Crippen molar-refractivity contribution in [1.82, 2.24) is 30.6 Å². The predicted octanol–water partition coefficient (Wildman–Crippen LogP) is 1.45. The van der Waals surface area contributed by atoms with Crippen molar-refractivity contribution in [2.45, 2.75) is 51.2 Å². The molecule has 0 spiro atoms. The average Bonchev–Trinajstić information content (AvgIpc) is 3.19. The molecule has 0 aliphatic heterocycles. The molecule has 8 nitrogen and oxygen atoms in total. The van der Waals surface area contributed by atoms with Crippen molar-refractivity contribution in [3.05, 3.63) is 30.2 Å². The normalized spacial score (nSPS) is 15.6. The molecule has 2 aromatic heterocycles. The molecule has 0 bridgehead atoms. The van der Waals surface area contributed by atoms with Crippen molar-refractivity contribution in [2.75, 3.05) is 0 Å². The van der Waals surface area contributed by atoms with Gasteiger partial charge in [0.2, 0.25) is 5.89 Å². The lowest BCUT2D eigenvalue weighted by molar-refractivity contribution is 0.230. The fourth-order valence-corrected chi connectivity index (χ4v) is 2.60. The van der Waals surface area contributed by atoms with Crippen LogP contribution in [-0.4, -0.2) is 32.0 Å². The van der Waals surface area contributed by atoms with E-state index in [1.165, 1.54) is 19.3 Å². The highest BCUT2D eigenvalue weighted by Crippen LogP contribution is 2.17. The van der Waals surface area contributed by atoms with Crippen molar-refractivity contribution >= 4 is 6.03 Å². The van der Waals surface area contributed by atoms with Crippen LogP contribution in [0.5, 0.6) is 0 Å². The Morgan fingerprint density at radius 1 is 1.36 bits per heavy atom. The summed E-state index contributed by atoms with van der Waals surface area (Å²) in [6, 6.07) is 1.93. The zero-order chi connectivity index (χ0) is 15.2. The van der Waals surface area contributed by atoms with Gasteiger partial charge < -0.3 is 15.2 Å². The van der Waals surface area contributed by atoms with Crippen LogP contribution >= 0.6 is 0 Å². The van der Waals surface area contributed by atoms with Crippen LogP contribution in [-0.2, 0) is 13.1 Å². The van der Waals surface area contributed by atoms with E-state index in [4.69, 9.17) is 4.52 Å². The summed E-state index contributed by atoms with van der Waals surface area (Å²) < 4.78 is 6.82. The Bertz CT molecular complexity index is 588. The lowest BCUT2D eigenvalue weighted by Gasteiger charge is -2.22. The van der Waals surface area contributed by atoms with Gasteiger partial charge in [-0.3, -0.25) is 4.68 Å². The molecule has 2 heterocycles. The van der Waals surface area contributed by atoms with Crippen LogP contribution in [0.1, 0.15) is 43.8 Å². The number of aromatic nitrogens is 4. The molecule has 0 aromatic carbocycles. The molecule has 1 aliphatic carbocycles. The maximum Gasteiger partial charge on any atom is 0.315 e. The number of amides is 2. The summed E-state index contributed by atoms with van der Waals surface area (Å²) in [6.45, 7) is 0.676. The molecule has 0 saturated heterocycles. The predicted molar refractivity (Wildman–Crippen MR) is 77.9 cm³/mol. The number of carbonyl (C=O) groups is 1. The number of nitrogens with zero attached hydrogens (tertiary/aromatic N) is 4. The van der Waals surface area contributed by atoms with Gasteiger partial charge in [0, 0.05) is 18.4 Å². The Morgan fingerprint density at radius 2 is 2.23 bits per heavy atom. The van der Waals surface area contributed by atoms with E-state index in [-0.39, 0.29) is 18.6 Å². The van der Waals surface area contributed by atoms with Crippen LogP contribution in [0.25, 0.3) is 0 Å². The first-order valence-electron chi connectivity index (χ1n) is 7.63. The lowest BCUT2D eigenvalue weighted by atomic mass is 9.96. The first-order chi connectivity index (χ1) is 10.8. The first-order valence-corrected chi connectivity index (χ1v) is 7.63. The maximum atomic E-state index is 11.8. The van der Waals surface area contributed by atoms with E-state index in [1.54, 1.807) is 10.9 Å². The van der Waals surface area contributed by atoms with Crippen LogP contribution in [0.3, 0.4) is 0 Å². The Labute approximate surface area is 128 Å². The molecular formula is C14H20N6O2. The Hall–Kier alpha value is -2.38. The third-order valence-corrected chi connectivity index (χ3v) is 3.71. The van der Waals surface area contributed by atoms with Gasteiger partial charge in [0.05, 0.1) is 6.54 Å². The summed E-state index contributed by atoms with van der Waals surface area (Å²) in [5.74, 6) is 0.925. The van der Waals surface area contributed by atoms with Gasteiger partial charge in [0.15, 0.2) is 5.82 Å². The van der Waals surface area contributed by atoms with Gasteiger partial charge in [-0.1, -0.05) is 24.4 Å². The third kappa shape index (κ3) is 4.06. The number of hydrogen-bond acceptors (Lipinski definition) is 5. The van der Waals surface area contributed by atoms with Crippen LogP contribution < -0.4 is 10.6 Å². The third-order valence-electron chi connectivity index (χ3n) is 3.71. The molecule has 0 radical (unpaired) electrons. The molecule has 2 amide bonds. The van der Waals surface area contributed by atoms with Crippen molar-refractivity contribution in [1.29, 1.82) is 0 Å². The highest BCUT2D eigenvalue weighted by atomic mass is 16.5. The van der Waals surface area contributed by atoms with Crippen molar-refractivity contribution in [3.8, 4) is 0 Å². The van der Waals surface area contributed by atoms with Gasteiger partial charge in [0.25, 0.3) is 0 Å². The van der Waals surface area contributed by atoms with Crippen molar-refractivity contribution in [2.24, 2.45) is 0 Å². The summed E-state index contributed by atoms with van der Waals surface area (Å²) >= 11 is 0. The second-order valence-corrected chi connectivity index (χ2v) is 5.47. The van der Waals surface area contributed by atoms with E-state index < -0.39 is 0 Å². The van der Waals surface area contributed by atoms with Crippen LogP contribution in [0, 0.1) is 0 Å². The number of urea groups is 1. The van der Waals surface area contributed by atoms with Crippen molar-refractivity contribution in [3.63, 3.8) is 0 Å². The zero-order valence-electron chi connectivity index (χ0n) is 12.4. The molecule has 1 aliphatic rings. The zero-order valence-corrected chi connectivity index (χ0v) is 12.4. The molecule has 2 aromatic rings. The summed E-state index contributed by atoms with van der Waals surface area (Å²) in [5.41, 5.74) is 0. The van der Waals surface area contributed by atoms with Crippen LogP contribution in [0.2, 0.25) is 0 Å². The molecule has 1 saturated carbocycles. The fourth-order valence-electron chi connectivity index (χ4n) is 2.60. The topological polar surface area (TPSA) is 97.9 Å². The molecule has 22 heavy (non-hydrogen) atoms. The summed E-state index contributed by atoms with van der Waals surface area (Å²) in [7, 11) is 0. The minimum atomic E-state index is -0.182. The molecule has 0 unspecified atom stereocenters. The Balaban J connectivity index is 1.43. The second-order valence-electron chi connectivity index (χ2n) is 5.47. The molecule has 118 valence electrons. The van der Waals surface area contributed by atoms with E-state index in [9.17, 15) is 4.79 Å². The smallest absolute Gasteiger partial charge is 0.315 e. The molecule has 0 atom stereocenters. The molecule has 2 N–H and O–H groups in total. The van der Waals surface area contributed by atoms with Gasteiger partial charge in [-0.2, -0.15) is 10.1 Å². The monoisotopic (exact) mass is 304 g/mol. The first kappa shape index (κ1) is 14.6. The Morgan fingerprint density at radius 3 is 3.00 bits per heavy atom. The standard InChI is InChI=1S/C14H20N6O2/c21-14(17-11-5-2-1-3-6-11)15-9-13-18-12(19-22-13)10-20-8-4-7-16-20/h4,7-8,11H,1-3,5-6,9-10H2,(H2,15,17,21). The molecule has 8 heteroatoms. The van der Waals surface area contributed by atoms with Gasteiger partial charge in [-0.15, -0.1) is 0 Å². The number of nitrogens with one attached hydrogen (secondary N) is 2. The number of rotatable bonds is 5. The van der Waals surface area contributed by atoms with Gasteiger partial charge >= 0.3 is 6.03 Å². The largest absolute Gasteiger partial charge is 0.337 e. The van der Waals surface area contributed by atoms with Crippen LogP contribution in [0.15, 0.2) is 23.0 Å². The second kappa shape index (κ2) is 7.06. The van der Waals surface area contributed by atoms with Crippen molar-refractivity contribution < 1.29 is 9.32 Å². The summed E-state index contributed by atoms with van der Waals surface area (Å²) in [5, 5.41) is 13.7. The summed E-state index contributed by atoms with van der Waals surface area (Å²) in [4.78, 5) is 16.0. The van der Waals surface area contributed by atoms with E-state index >= 15 is 0 Å². The summed E-state index contributed by atoms with van der Waals surface area (Å²) in [6.07, 6.45) is 9.27. The fraction of sp³-hybridized carbons (Fsp3) is 0.571. The maximum absolute atomic E-state index is 11.8. The van der Waals surface area contributed by atoms with Gasteiger partial charge in [0.1, 0.15) is 6.54 Å². The van der Waals surface area contributed by atoms with Gasteiger partial charge in [-0.05, 0) is 18.9 Å². The minimum absolute atomic E-state index is 0.182. The van der Waals surface area contributed by atoms with Crippen LogP contribution in [0.4, 0.5) is 4.79 Å². The highest BCUT2D eigenvalue weighted by molar-refractivity contribution is 5.74. The molecule has 3 rings (SSSR count). The number of carbonyl (C=O) groups excluding carboxylic acids is 1. The molecule has 1 fully saturated rings. The van der Waals surface area contributed by atoms with Gasteiger partial charge in [-0.25, -0.2) is 4.79 Å².